The van der Waals surface area contributed by atoms with E-state index in [4.69, 9.17) is 0 Å². The van der Waals surface area contributed by atoms with E-state index in [1.165, 1.54) is 12.1 Å². The van der Waals surface area contributed by atoms with Crippen molar-refractivity contribution < 1.29 is 26.1 Å². The average Bonchev–Trinajstić information content (AvgIpc) is 1.69. The fraction of sp³-hybridized carbons (Fsp3) is 0. The Morgan fingerprint density at radius 1 is 1.00 bits per heavy atom. The smallest absolute Gasteiger partial charge is 0.123 e. The summed E-state index contributed by atoms with van der Waals surface area (Å²) in [5, 5.41) is 0. The van der Waals surface area contributed by atoms with Crippen molar-refractivity contribution in [2.24, 2.45) is 0 Å². The maximum Gasteiger partial charge on any atom is 0.123 e. The van der Waals surface area contributed by atoms with Crippen LogP contribution in [0.1, 0.15) is 0 Å². The average molecular weight is 144 g/mol. The molecule has 0 aliphatic rings. The van der Waals surface area contributed by atoms with Gasteiger partial charge >= 0.3 is 0 Å². The van der Waals surface area contributed by atoms with Crippen LogP contribution in [0.3, 0.4) is 0 Å². The first-order chi connectivity index (χ1) is 3.39. The van der Waals surface area contributed by atoms with E-state index < -0.39 is 0 Å². The van der Waals surface area contributed by atoms with E-state index in [-0.39, 0.29) is 27.5 Å². The number of hydrogen-bond donors (Lipinski definition) is 0. The van der Waals surface area contributed by atoms with Gasteiger partial charge in [-0.05, 0) is 12.1 Å². The molecular formula is C6H5FTi. The standard InChI is InChI=1S/C6H5F.Ti/c7-6-4-2-1-3-5-6;/h1-5H;. The van der Waals surface area contributed by atoms with Gasteiger partial charge < -0.3 is 0 Å². The van der Waals surface area contributed by atoms with Crippen molar-refractivity contribution in [3.63, 3.8) is 0 Å². The minimum absolute atomic E-state index is 0. The van der Waals surface area contributed by atoms with Crippen LogP contribution in [0.15, 0.2) is 30.3 Å². The summed E-state index contributed by atoms with van der Waals surface area (Å²) in [6.07, 6.45) is 0. The first kappa shape index (κ1) is 7.86. The minimum Gasteiger partial charge on any atom is -0.207 e. The molecule has 0 nitrogen and oxygen atoms in total. The quantitative estimate of drug-likeness (QED) is 0.487. The Bertz CT molecular complexity index is 138. The van der Waals surface area contributed by atoms with Crippen LogP contribution in [0.25, 0.3) is 0 Å². The summed E-state index contributed by atoms with van der Waals surface area (Å²) in [4.78, 5) is 0. The first-order valence-electron chi connectivity index (χ1n) is 2.10. The van der Waals surface area contributed by atoms with E-state index in [1.54, 1.807) is 18.2 Å². The Morgan fingerprint density at radius 3 is 1.75 bits per heavy atom. The van der Waals surface area contributed by atoms with E-state index in [2.05, 4.69) is 0 Å². The maximum absolute atomic E-state index is 11.9. The minimum atomic E-state index is -0.178. The number of benzene rings is 1. The third-order valence-electron chi connectivity index (χ3n) is 0.733. The molecule has 1 aromatic carbocycles. The third kappa shape index (κ3) is 2.24. The molecule has 1 aromatic rings. The largest absolute Gasteiger partial charge is 0.207 e. The van der Waals surface area contributed by atoms with Crippen LogP contribution in [-0.4, -0.2) is 0 Å². The molecule has 0 aliphatic heterocycles. The second-order valence-electron chi connectivity index (χ2n) is 1.30. The molecule has 8 heavy (non-hydrogen) atoms. The van der Waals surface area contributed by atoms with Crippen LogP contribution in [0.2, 0.25) is 0 Å². The second-order valence-corrected chi connectivity index (χ2v) is 1.30. The van der Waals surface area contributed by atoms with Crippen molar-refractivity contribution in [1.82, 2.24) is 0 Å². The van der Waals surface area contributed by atoms with Crippen molar-refractivity contribution in [2.75, 3.05) is 0 Å². The summed E-state index contributed by atoms with van der Waals surface area (Å²) >= 11 is 0. The van der Waals surface area contributed by atoms with Gasteiger partial charge in [-0.15, -0.1) is 0 Å². The number of halogens is 1. The van der Waals surface area contributed by atoms with Gasteiger partial charge in [-0.25, -0.2) is 4.39 Å². The zero-order chi connectivity index (χ0) is 5.11. The predicted octanol–water partition coefficient (Wildman–Crippen LogP) is 1.82. The van der Waals surface area contributed by atoms with Crippen molar-refractivity contribution >= 4 is 0 Å². The molecule has 40 valence electrons. The normalized spacial score (nSPS) is 7.62. The molecule has 0 aliphatic carbocycles. The zero-order valence-electron chi connectivity index (χ0n) is 4.26. The van der Waals surface area contributed by atoms with Crippen molar-refractivity contribution in [2.45, 2.75) is 0 Å². The monoisotopic (exact) mass is 144 g/mol. The maximum atomic E-state index is 11.9. The Kier molecular flexibility index (Phi) is 3.75. The Hall–Kier alpha value is -0.136. The molecule has 0 radical (unpaired) electrons. The fourth-order valence-electron chi connectivity index (χ4n) is 0.415. The fourth-order valence-corrected chi connectivity index (χ4v) is 0.415. The molecule has 0 fully saturated rings. The molecule has 0 unspecified atom stereocenters. The molecule has 2 heteroatoms. The van der Waals surface area contributed by atoms with E-state index in [0.717, 1.165) is 0 Å². The molecule has 0 bridgehead atoms. The molecule has 1 rings (SSSR count). The van der Waals surface area contributed by atoms with Crippen LogP contribution in [0, 0.1) is 5.82 Å². The van der Waals surface area contributed by atoms with Gasteiger partial charge in [-0.3, -0.25) is 0 Å². The molecule has 0 atom stereocenters. The van der Waals surface area contributed by atoms with Gasteiger partial charge in [0.15, 0.2) is 0 Å². The van der Waals surface area contributed by atoms with Gasteiger partial charge in [0.2, 0.25) is 0 Å². The van der Waals surface area contributed by atoms with Crippen LogP contribution in [0.4, 0.5) is 4.39 Å². The van der Waals surface area contributed by atoms with E-state index >= 15 is 0 Å². The third-order valence-corrected chi connectivity index (χ3v) is 0.733. The van der Waals surface area contributed by atoms with Crippen LogP contribution >= 0.6 is 0 Å². The molecule has 0 saturated carbocycles. The first-order valence-corrected chi connectivity index (χ1v) is 2.10. The van der Waals surface area contributed by atoms with E-state index in [0.29, 0.717) is 0 Å². The van der Waals surface area contributed by atoms with Crippen molar-refractivity contribution in [3.05, 3.63) is 36.1 Å². The zero-order valence-corrected chi connectivity index (χ0v) is 5.83. The Labute approximate surface area is 62.6 Å². The van der Waals surface area contributed by atoms with Crippen molar-refractivity contribution in [3.8, 4) is 0 Å². The topological polar surface area (TPSA) is 0 Å². The second kappa shape index (κ2) is 3.82. The van der Waals surface area contributed by atoms with E-state index in [1.807, 2.05) is 0 Å². The van der Waals surface area contributed by atoms with Crippen LogP contribution in [-0.2, 0) is 21.7 Å². The summed E-state index contributed by atoms with van der Waals surface area (Å²) in [7, 11) is 0. The van der Waals surface area contributed by atoms with Gasteiger partial charge in [-0.2, -0.15) is 0 Å². The number of rotatable bonds is 0. The molecule has 0 aromatic heterocycles. The van der Waals surface area contributed by atoms with Gasteiger partial charge in [0.05, 0.1) is 0 Å². The predicted molar refractivity (Wildman–Crippen MR) is 26.4 cm³/mol. The Balaban J connectivity index is 0.000000490. The molecule has 0 heterocycles. The molecule has 0 saturated heterocycles. The van der Waals surface area contributed by atoms with Gasteiger partial charge in [0, 0.05) is 21.7 Å². The SMILES string of the molecule is Fc1ccccc1.[Ti]. The summed E-state index contributed by atoms with van der Waals surface area (Å²) < 4.78 is 11.9. The van der Waals surface area contributed by atoms with Crippen molar-refractivity contribution in [1.29, 1.82) is 0 Å². The molecule has 0 N–H and O–H groups in total. The summed E-state index contributed by atoms with van der Waals surface area (Å²) in [5.74, 6) is -0.178. The Morgan fingerprint density at radius 2 is 1.50 bits per heavy atom. The van der Waals surface area contributed by atoms with Crippen LogP contribution < -0.4 is 0 Å². The molecule has 0 spiro atoms. The molecular weight excluding hydrogens is 139 g/mol. The summed E-state index contributed by atoms with van der Waals surface area (Å²) in [6.45, 7) is 0. The summed E-state index contributed by atoms with van der Waals surface area (Å²) in [6, 6.07) is 7.94. The van der Waals surface area contributed by atoms with Gasteiger partial charge in [-0.1, -0.05) is 18.2 Å². The number of hydrogen-bond acceptors (Lipinski definition) is 0. The summed E-state index contributed by atoms with van der Waals surface area (Å²) in [5.41, 5.74) is 0. The van der Waals surface area contributed by atoms with E-state index in [9.17, 15) is 4.39 Å². The molecule has 0 amide bonds. The van der Waals surface area contributed by atoms with Crippen LogP contribution in [0.5, 0.6) is 0 Å². The van der Waals surface area contributed by atoms with Gasteiger partial charge in [0.25, 0.3) is 0 Å². The van der Waals surface area contributed by atoms with Gasteiger partial charge in [0.1, 0.15) is 5.82 Å².